The summed E-state index contributed by atoms with van der Waals surface area (Å²) in [4.78, 5) is 34.5. The first-order chi connectivity index (χ1) is 9.00. The number of nitrogens with one attached hydrogen (secondary N) is 2. The molecule has 0 aliphatic heterocycles. The molecule has 0 bridgehead atoms. The van der Waals surface area contributed by atoms with Crippen molar-refractivity contribution in [3.8, 4) is 0 Å². The molecule has 0 aromatic rings. The van der Waals surface area contributed by atoms with Crippen LogP contribution in [0.1, 0.15) is 53.9 Å². The van der Waals surface area contributed by atoms with Crippen molar-refractivity contribution in [1.29, 1.82) is 0 Å². The molecule has 3 N–H and O–H groups in total. The third-order valence-electron chi connectivity index (χ3n) is 2.77. The van der Waals surface area contributed by atoms with E-state index in [-0.39, 0.29) is 17.9 Å². The molecule has 0 saturated carbocycles. The fraction of sp³-hybridized carbons (Fsp3) is 0.786. The summed E-state index contributed by atoms with van der Waals surface area (Å²) in [6, 6.07) is 0. The van der Waals surface area contributed by atoms with Gasteiger partial charge in [-0.3, -0.25) is 9.59 Å². The number of rotatable bonds is 7. The Labute approximate surface area is 120 Å². The number of amides is 2. The number of hydrogen-bond acceptors (Lipinski definition) is 3. The topological polar surface area (TPSA) is 95.5 Å². The van der Waals surface area contributed by atoms with E-state index < -0.39 is 17.4 Å². The summed E-state index contributed by atoms with van der Waals surface area (Å²) in [5.74, 6) is -1.79. The number of carboxylic acids is 1. The standard InChI is InChI=1S/C14H26N2O4/c1-6-7-14(5,12(19)20)16-11(18)9-15-10(17)8-13(2,3)4/h6-9H2,1-5H3,(H,15,17)(H,16,18)(H,19,20). The molecule has 0 rings (SSSR count). The van der Waals surface area contributed by atoms with Gasteiger partial charge in [-0.1, -0.05) is 34.1 Å². The van der Waals surface area contributed by atoms with Gasteiger partial charge in [0.2, 0.25) is 11.8 Å². The minimum Gasteiger partial charge on any atom is -0.480 e. The lowest BCUT2D eigenvalue weighted by molar-refractivity contribution is -0.147. The molecular weight excluding hydrogens is 260 g/mol. The Balaban J connectivity index is 4.35. The van der Waals surface area contributed by atoms with E-state index in [1.54, 1.807) is 0 Å². The predicted octanol–water partition coefficient (Wildman–Crippen LogP) is 1.30. The van der Waals surface area contributed by atoms with Gasteiger partial charge in [0.25, 0.3) is 0 Å². The van der Waals surface area contributed by atoms with Gasteiger partial charge in [0.05, 0.1) is 6.54 Å². The average Bonchev–Trinajstić information content (AvgIpc) is 2.24. The second-order valence-corrected chi connectivity index (χ2v) is 6.45. The van der Waals surface area contributed by atoms with Gasteiger partial charge in [0.1, 0.15) is 5.54 Å². The highest BCUT2D eigenvalue weighted by atomic mass is 16.4. The second kappa shape index (κ2) is 7.26. The number of carboxylic acid groups (broad SMARTS) is 1. The zero-order valence-corrected chi connectivity index (χ0v) is 13.0. The number of aliphatic carboxylic acids is 1. The van der Waals surface area contributed by atoms with E-state index in [1.165, 1.54) is 6.92 Å². The van der Waals surface area contributed by atoms with E-state index in [2.05, 4.69) is 10.6 Å². The van der Waals surface area contributed by atoms with Crippen LogP contribution in [0.25, 0.3) is 0 Å². The monoisotopic (exact) mass is 286 g/mol. The van der Waals surface area contributed by atoms with Crippen molar-refractivity contribution in [3.63, 3.8) is 0 Å². The van der Waals surface area contributed by atoms with Crippen molar-refractivity contribution < 1.29 is 19.5 Å². The minimum absolute atomic E-state index is 0.154. The van der Waals surface area contributed by atoms with Crippen LogP contribution in [0.15, 0.2) is 0 Å². The summed E-state index contributed by atoms with van der Waals surface area (Å²) < 4.78 is 0. The van der Waals surface area contributed by atoms with Crippen molar-refractivity contribution in [1.82, 2.24) is 10.6 Å². The van der Waals surface area contributed by atoms with Gasteiger partial charge in [-0.15, -0.1) is 0 Å². The lowest BCUT2D eigenvalue weighted by Gasteiger charge is -2.26. The highest BCUT2D eigenvalue weighted by Crippen LogP contribution is 2.17. The Bertz CT molecular complexity index is 374. The molecule has 0 heterocycles. The summed E-state index contributed by atoms with van der Waals surface area (Å²) >= 11 is 0. The molecule has 0 saturated heterocycles. The van der Waals surface area contributed by atoms with Crippen LogP contribution in [0.4, 0.5) is 0 Å². The Hall–Kier alpha value is -1.59. The van der Waals surface area contributed by atoms with E-state index in [4.69, 9.17) is 5.11 Å². The summed E-state index contributed by atoms with van der Waals surface area (Å²) in [6.45, 7) is 8.88. The van der Waals surface area contributed by atoms with E-state index in [1.807, 2.05) is 27.7 Å². The van der Waals surface area contributed by atoms with Gasteiger partial charge in [-0.2, -0.15) is 0 Å². The van der Waals surface area contributed by atoms with E-state index in [9.17, 15) is 14.4 Å². The van der Waals surface area contributed by atoms with Crippen LogP contribution in [0.2, 0.25) is 0 Å². The lowest BCUT2D eigenvalue weighted by atomic mass is 9.92. The van der Waals surface area contributed by atoms with Crippen molar-refractivity contribution >= 4 is 17.8 Å². The zero-order valence-electron chi connectivity index (χ0n) is 13.0. The molecule has 0 radical (unpaired) electrons. The van der Waals surface area contributed by atoms with Crippen molar-refractivity contribution in [3.05, 3.63) is 0 Å². The molecule has 6 heteroatoms. The number of hydrogen-bond donors (Lipinski definition) is 3. The lowest BCUT2D eigenvalue weighted by Crippen LogP contribution is -2.54. The van der Waals surface area contributed by atoms with Gasteiger partial charge in [0.15, 0.2) is 0 Å². The molecule has 1 atom stereocenters. The Kier molecular flexibility index (Phi) is 6.68. The number of carbonyl (C=O) groups excluding carboxylic acids is 2. The van der Waals surface area contributed by atoms with Gasteiger partial charge in [-0.05, 0) is 18.8 Å². The molecule has 0 aromatic heterocycles. The second-order valence-electron chi connectivity index (χ2n) is 6.45. The SMILES string of the molecule is CCCC(C)(NC(=O)CNC(=O)CC(C)(C)C)C(=O)O. The Morgan fingerprint density at radius 2 is 1.60 bits per heavy atom. The number of carbonyl (C=O) groups is 3. The molecular formula is C14H26N2O4. The first kappa shape index (κ1) is 18.4. The molecule has 20 heavy (non-hydrogen) atoms. The molecule has 0 aromatic carbocycles. The van der Waals surface area contributed by atoms with E-state index in [0.29, 0.717) is 19.3 Å². The van der Waals surface area contributed by atoms with Gasteiger partial charge < -0.3 is 15.7 Å². The maximum atomic E-state index is 11.7. The molecule has 0 spiro atoms. The summed E-state index contributed by atoms with van der Waals surface area (Å²) in [5, 5.41) is 14.1. The van der Waals surface area contributed by atoms with Crippen LogP contribution in [0, 0.1) is 5.41 Å². The summed E-state index contributed by atoms with van der Waals surface area (Å²) in [7, 11) is 0. The molecule has 6 nitrogen and oxygen atoms in total. The van der Waals surface area contributed by atoms with E-state index >= 15 is 0 Å². The molecule has 0 aliphatic carbocycles. The highest BCUT2D eigenvalue weighted by molar-refractivity contribution is 5.89. The molecule has 0 fully saturated rings. The molecule has 2 amide bonds. The fourth-order valence-electron chi connectivity index (χ4n) is 1.80. The van der Waals surface area contributed by atoms with Crippen molar-refractivity contribution in [2.75, 3.05) is 6.54 Å². The third-order valence-corrected chi connectivity index (χ3v) is 2.77. The van der Waals surface area contributed by atoms with Crippen LogP contribution in [-0.4, -0.2) is 35.0 Å². The van der Waals surface area contributed by atoms with Crippen molar-refractivity contribution in [2.24, 2.45) is 5.41 Å². The molecule has 0 aliphatic rings. The maximum Gasteiger partial charge on any atom is 0.329 e. The van der Waals surface area contributed by atoms with Crippen LogP contribution in [0.5, 0.6) is 0 Å². The quantitative estimate of drug-likeness (QED) is 0.657. The van der Waals surface area contributed by atoms with Gasteiger partial charge >= 0.3 is 5.97 Å². The fourth-order valence-corrected chi connectivity index (χ4v) is 1.80. The summed E-state index contributed by atoms with van der Waals surface area (Å²) in [6.07, 6.45) is 1.29. The van der Waals surface area contributed by atoms with Crippen molar-refractivity contribution in [2.45, 2.75) is 59.4 Å². The molecule has 116 valence electrons. The Morgan fingerprint density at radius 1 is 1.05 bits per heavy atom. The first-order valence-electron chi connectivity index (χ1n) is 6.81. The van der Waals surface area contributed by atoms with Crippen LogP contribution in [-0.2, 0) is 14.4 Å². The smallest absolute Gasteiger partial charge is 0.329 e. The highest BCUT2D eigenvalue weighted by Gasteiger charge is 2.33. The van der Waals surface area contributed by atoms with Crippen LogP contribution in [0.3, 0.4) is 0 Å². The maximum absolute atomic E-state index is 11.7. The normalized spacial score (nSPS) is 14.2. The van der Waals surface area contributed by atoms with E-state index in [0.717, 1.165) is 0 Å². The first-order valence-corrected chi connectivity index (χ1v) is 6.81. The van der Waals surface area contributed by atoms with Crippen LogP contribution >= 0.6 is 0 Å². The van der Waals surface area contributed by atoms with Crippen LogP contribution < -0.4 is 10.6 Å². The average molecular weight is 286 g/mol. The zero-order chi connectivity index (χ0) is 16.0. The molecule has 1 unspecified atom stereocenters. The van der Waals surface area contributed by atoms with Gasteiger partial charge in [-0.25, -0.2) is 4.79 Å². The summed E-state index contributed by atoms with van der Waals surface area (Å²) in [5.41, 5.74) is -1.45. The predicted molar refractivity (Wildman–Crippen MR) is 76.2 cm³/mol. The Morgan fingerprint density at radius 3 is 2.00 bits per heavy atom. The minimum atomic E-state index is -1.29. The third kappa shape index (κ3) is 7.11. The van der Waals surface area contributed by atoms with Gasteiger partial charge in [0, 0.05) is 6.42 Å². The largest absolute Gasteiger partial charge is 0.480 e.